The largest absolute Gasteiger partial charge is 0.460 e. The van der Waals surface area contributed by atoms with Crippen LogP contribution in [-0.4, -0.2) is 130 Å². The molecule has 0 aliphatic heterocycles. The Balaban J connectivity index is 0.000000116. The Labute approximate surface area is 875 Å². The topological polar surface area (TPSA) is 289 Å². The summed E-state index contributed by atoms with van der Waals surface area (Å²) in [7, 11) is 0. The van der Waals surface area contributed by atoms with Gasteiger partial charge in [-0.05, 0) is 515 Å². The molecular formula is C124H190O22. The Hall–Kier alpha value is -5.83. The number of esters is 11. The number of rotatable bonds is 29. The van der Waals surface area contributed by atoms with Crippen molar-refractivity contribution in [3.05, 3.63) is 0 Å². The van der Waals surface area contributed by atoms with E-state index in [1.807, 2.05) is 111 Å². The van der Waals surface area contributed by atoms with Gasteiger partial charge < -0.3 is 52.1 Å². The minimum atomic E-state index is -0.647. The van der Waals surface area contributed by atoms with Gasteiger partial charge in [-0.2, -0.15) is 0 Å². The van der Waals surface area contributed by atoms with E-state index < -0.39 is 78.0 Å². The molecule has 12 unspecified atom stereocenters. The Bertz CT molecular complexity index is 4770. The molecule has 0 saturated heterocycles. The lowest BCUT2D eigenvalue weighted by Gasteiger charge is -2.77. The van der Waals surface area contributed by atoms with E-state index in [4.69, 9.17) is 52.1 Å². The van der Waals surface area contributed by atoms with E-state index in [0.717, 1.165) is 192 Å². The van der Waals surface area contributed by atoms with Crippen LogP contribution in [0.2, 0.25) is 0 Å². The van der Waals surface area contributed by atoms with Gasteiger partial charge in [0, 0.05) is 30.1 Å². The second-order valence-electron chi connectivity index (χ2n) is 59.6. The Morgan fingerprint density at radius 3 is 1.05 bits per heavy atom. The summed E-state index contributed by atoms with van der Waals surface area (Å²) in [5.41, 5.74) is -6.36. The van der Waals surface area contributed by atoms with Crippen LogP contribution in [0.25, 0.3) is 0 Å². The van der Waals surface area contributed by atoms with E-state index >= 15 is 0 Å². The van der Waals surface area contributed by atoms with Gasteiger partial charge in [0.2, 0.25) is 0 Å². The van der Waals surface area contributed by atoms with Crippen LogP contribution in [0.1, 0.15) is 448 Å². The quantitative estimate of drug-likeness (QED) is 0.0496. The summed E-state index contributed by atoms with van der Waals surface area (Å²) in [4.78, 5) is 141. The van der Waals surface area contributed by atoms with Gasteiger partial charge in [-0.1, -0.05) is 55.4 Å². The molecule has 146 heavy (non-hydrogen) atoms. The molecule has 0 N–H and O–H groups in total. The van der Waals surface area contributed by atoms with Gasteiger partial charge in [-0.15, -0.1) is 0 Å². The molecule has 31 fully saturated rings. The van der Waals surface area contributed by atoms with Crippen molar-refractivity contribution < 1.29 is 105 Å². The first-order chi connectivity index (χ1) is 68.4. The Morgan fingerprint density at radius 1 is 0.295 bits per heavy atom. The maximum atomic E-state index is 13.9. The van der Waals surface area contributed by atoms with Crippen molar-refractivity contribution in [3.8, 4) is 0 Å². The molecule has 12 atom stereocenters. The van der Waals surface area contributed by atoms with Crippen LogP contribution >= 0.6 is 0 Å². The SMILES string of the molecule is CCC(C)(C)C(=O)OC12CC3CC(C1)CC(C(=O)OC(C)(C)C)(C3)C2.CCC(C)(C)C(=O)OC12CC3CC(C1)CC(C(=O)OCC(=O)OC1(CC)C4CC5CC(C4)CC1C5)(C3)C2.CCC(C)(C)C(=O)OCC(=O)OC(C)(C)C12CC3CC(CC(C3)C1)C2.CCC(C)C(=O)OC12CC3CC(C1)CC(C(=O)OC1(C)C4CC5CC(C4)CC1C5)(C3)C2.CCC(C)C(=O)OCC(=O)OC(C)(C)C12CC3CC4C5CC(CC41)CC2C5C3. The van der Waals surface area contributed by atoms with E-state index in [0.29, 0.717) is 91.3 Å². The van der Waals surface area contributed by atoms with Crippen LogP contribution in [0.5, 0.6) is 0 Å². The van der Waals surface area contributed by atoms with Crippen molar-refractivity contribution in [1.29, 1.82) is 0 Å². The number of ether oxygens (including phenoxy) is 11. The first kappa shape index (κ1) is 109. The van der Waals surface area contributed by atoms with E-state index in [9.17, 15) is 52.7 Å². The second kappa shape index (κ2) is 39.0. The summed E-state index contributed by atoms with van der Waals surface area (Å²) in [5, 5.41) is 0. The number of carbonyl (C=O) groups excluding carboxylic acids is 11. The molecule has 31 aliphatic rings. The molecule has 0 aromatic heterocycles. The normalized spacial score (nSPS) is 43.5. The van der Waals surface area contributed by atoms with Gasteiger partial charge in [0.1, 0.15) is 44.8 Å². The lowest BCUT2D eigenvalue weighted by atomic mass is 9.28. The highest BCUT2D eigenvalue weighted by Gasteiger charge is 2.76. The highest BCUT2D eigenvalue weighted by Crippen LogP contribution is 2.80. The van der Waals surface area contributed by atoms with Gasteiger partial charge >= 0.3 is 65.7 Å². The maximum Gasteiger partial charge on any atom is 0.344 e. The van der Waals surface area contributed by atoms with Crippen molar-refractivity contribution in [2.24, 2.45) is 197 Å². The van der Waals surface area contributed by atoms with E-state index in [1.165, 1.54) is 154 Å². The van der Waals surface area contributed by atoms with Crippen LogP contribution in [0.15, 0.2) is 0 Å². The lowest BCUT2D eigenvalue weighted by molar-refractivity contribution is -0.308. The minimum Gasteiger partial charge on any atom is -0.460 e. The van der Waals surface area contributed by atoms with Crippen LogP contribution < -0.4 is 0 Å². The zero-order valence-corrected chi connectivity index (χ0v) is 94.1. The molecule has 22 nitrogen and oxygen atoms in total. The fourth-order valence-corrected chi connectivity index (χ4v) is 40.0. The number of hydrogen-bond donors (Lipinski definition) is 0. The first-order valence-electron chi connectivity index (χ1n) is 59.8. The Morgan fingerprint density at radius 2 is 0.637 bits per heavy atom. The van der Waals surface area contributed by atoms with Crippen LogP contribution in [0, 0.1) is 197 Å². The van der Waals surface area contributed by atoms with Crippen molar-refractivity contribution in [2.75, 3.05) is 19.8 Å². The predicted octanol–water partition coefficient (Wildman–Crippen LogP) is 25.4. The van der Waals surface area contributed by atoms with E-state index in [2.05, 4.69) is 41.5 Å². The summed E-state index contributed by atoms with van der Waals surface area (Å²) >= 11 is 0. The first-order valence-corrected chi connectivity index (χ1v) is 59.8. The lowest BCUT2D eigenvalue weighted by Crippen LogP contribution is -2.73. The van der Waals surface area contributed by atoms with Crippen molar-refractivity contribution in [2.45, 2.75) is 492 Å². The van der Waals surface area contributed by atoms with Crippen LogP contribution in [-0.2, 0) is 105 Å². The van der Waals surface area contributed by atoms with Gasteiger partial charge in [-0.3, -0.25) is 38.4 Å². The molecule has 31 saturated carbocycles. The molecule has 818 valence electrons. The summed E-state index contributed by atoms with van der Waals surface area (Å²) in [5.74, 6) is 13.7. The third-order valence-corrected chi connectivity index (χ3v) is 46.7. The molecule has 0 aromatic carbocycles. The van der Waals surface area contributed by atoms with Gasteiger partial charge in [-0.25, -0.2) is 14.4 Å². The Kier molecular flexibility index (Phi) is 29.0. The van der Waals surface area contributed by atoms with Gasteiger partial charge in [0.15, 0.2) is 19.8 Å². The van der Waals surface area contributed by atoms with Crippen molar-refractivity contribution in [1.82, 2.24) is 0 Å². The number of carbonyl (C=O) groups is 11. The number of hydrogen-bond acceptors (Lipinski definition) is 22. The molecule has 31 rings (SSSR count). The smallest absolute Gasteiger partial charge is 0.344 e. The summed E-state index contributed by atoms with van der Waals surface area (Å²) in [6, 6.07) is 0. The summed E-state index contributed by atoms with van der Waals surface area (Å²) < 4.78 is 65.6. The average molecular weight is 2030 g/mol. The molecule has 32 bridgehead atoms. The zero-order chi connectivity index (χ0) is 105. The third kappa shape index (κ3) is 19.9. The third-order valence-electron chi connectivity index (χ3n) is 46.7. The highest BCUT2D eigenvalue weighted by atomic mass is 16.6. The molecule has 22 heteroatoms. The predicted molar refractivity (Wildman–Crippen MR) is 551 cm³/mol. The minimum absolute atomic E-state index is 0.0561. The fourth-order valence-electron chi connectivity index (χ4n) is 40.0. The summed E-state index contributed by atoms with van der Waals surface area (Å²) in [6.07, 6.45) is 48.9. The monoisotopic (exact) mass is 2030 g/mol. The molecule has 0 heterocycles. The molecule has 0 aromatic rings. The van der Waals surface area contributed by atoms with Crippen molar-refractivity contribution in [3.63, 3.8) is 0 Å². The molecule has 0 radical (unpaired) electrons. The summed E-state index contributed by atoms with van der Waals surface area (Å²) in [6.45, 7) is 42.9. The van der Waals surface area contributed by atoms with Crippen LogP contribution in [0.3, 0.4) is 0 Å². The highest BCUT2D eigenvalue weighted by molar-refractivity contribution is 5.84. The fraction of sp³-hybridized carbons (Fsp3) is 0.911. The zero-order valence-electron chi connectivity index (χ0n) is 94.1. The average Bonchev–Trinajstić information content (AvgIpc) is 0.657. The molecule has 0 spiro atoms. The van der Waals surface area contributed by atoms with Crippen molar-refractivity contribution >= 4 is 65.7 Å². The standard InChI is InChI=1S/C31H46O6.C27H40O4.C24H36O4.2C21H34O4/c1-5-28(3,4)26(33)37-30-15-21-8-22(16-30)14-29(13-21,18-30)27(34)35-17-25(32)36-31(6-2)23-9-19-7-20(11-23)12-24(31)10-19;1-4-16(2)23(28)30-27-13-19-6-20(14-27)12-26(11-19,15-27)24(29)31-25(3)21-7-17-5-18(9-21)10-22(25)8-17;1-5-13(2)22(26)27-12-21(25)28-23(3,4)24-11-15-7-17-16-6-14(9-19(17)24)10-20(24)18(16)8-15;1-7-19(5,6)16(22)25-21-11-14-8-15(12-21)10-20(9-14,13-21)17(23)24-18(2,3)4;1-6-19(2,3)18(23)24-13-17(22)25-20(4,5)21-10-14-7-15(11-21)9-16(8-14)12-21/h19-24H,5-18H2,1-4H3;16-22H,4-15H2,1-3H3;13-20H,5-12H2,1-4H3;14-15H,7-13H2,1-6H3;14-16H,6-13H2,1-5H3. The molecule has 0 amide bonds. The second-order valence-corrected chi connectivity index (χ2v) is 59.6. The molecule has 31 aliphatic carbocycles. The maximum absolute atomic E-state index is 13.9. The van der Waals surface area contributed by atoms with Crippen LogP contribution in [0.4, 0.5) is 0 Å². The van der Waals surface area contributed by atoms with E-state index in [1.54, 1.807) is 0 Å². The molecular weight excluding hydrogens is 1840 g/mol. The van der Waals surface area contributed by atoms with E-state index in [-0.39, 0.29) is 107 Å². The van der Waals surface area contributed by atoms with Gasteiger partial charge in [0.05, 0.1) is 44.3 Å². The van der Waals surface area contributed by atoms with Gasteiger partial charge in [0.25, 0.3) is 0 Å².